The van der Waals surface area contributed by atoms with Crippen molar-refractivity contribution >= 4 is 11.6 Å². The zero-order valence-corrected chi connectivity index (χ0v) is 18.3. The van der Waals surface area contributed by atoms with Crippen LogP contribution in [0.2, 0.25) is 0 Å². The van der Waals surface area contributed by atoms with Crippen LogP contribution in [-0.4, -0.2) is 5.91 Å². The summed E-state index contributed by atoms with van der Waals surface area (Å²) in [5.41, 5.74) is 2.31. The van der Waals surface area contributed by atoms with Crippen LogP contribution in [0.5, 0.6) is 0 Å². The Labute approximate surface area is 174 Å². The molecule has 0 fully saturated rings. The second-order valence-corrected chi connectivity index (χ2v) is 8.07. The molecule has 2 heteroatoms. The van der Waals surface area contributed by atoms with Crippen molar-refractivity contribution in [3.05, 3.63) is 42.5 Å². The van der Waals surface area contributed by atoms with Gasteiger partial charge in [-0.15, -0.1) is 6.58 Å². The molecule has 1 aromatic carbocycles. The standard InChI is InChI=1S/C26H43NO/c1-3-5-7-9-11-12-13-15-17-19-26(28)27-25-22-20-24(21-23-25)18-16-14-10-8-6-4-2/h3,20-23H,1,4-19H2,2H3,(H,27,28). The van der Waals surface area contributed by atoms with Crippen LogP contribution in [0, 0.1) is 0 Å². The number of allylic oxidation sites excluding steroid dienone is 1. The van der Waals surface area contributed by atoms with Crippen molar-refractivity contribution in [2.45, 2.75) is 110 Å². The summed E-state index contributed by atoms with van der Waals surface area (Å²) in [5.74, 6) is 0.148. The van der Waals surface area contributed by atoms with E-state index in [1.54, 1.807) is 0 Å². The van der Waals surface area contributed by atoms with Crippen LogP contribution in [0.4, 0.5) is 5.69 Å². The Morgan fingerprint density at radius 3 is 2.04 bits per heavy atom. The predicted octanol–water partition coefficient (Wildman–Crippen LogP) is 8.23. The molecular weight excluding hydrogens is 342 g/mol. The molecule has 0 radical (unpaired) electrons. The minimum absolute atomic E-state index is 0.148. The molecule has 0 heterocycles. The maximum Gasteiger partial charge on any atom is 0.224 e. The predicted molar refractivity (Wildman–Crippen MR) is 124 cm³/mol. The number of benzene rings is 1. The maximum absolute atomic E-state index is 12.1. The van der Waals surface area contributed by atoms with Gasteiger partial charge in [-0.25, -0.2) is 0 Å². The van der Waals surface area contributed by atoms with E-state index in [4.69, 9.17) is 0 Å². The van der Waals surface area contributed by atoms with Crippen LogP contribution in [0.25, 0.3) is 0 Å². The third-order valence-electron chi connectivity index (χ3n) is 5.37. The quantitative estimate of drug-likeness (QED) is 0.200. The first kappa shape index (κ1) is 24.5. The van der Waals surface area contributed by atoms with Crippen LogP contribution in [0.15, 0.2) is 36.9 Å². The van der Waals surface area contributed by atoms with Gasteiger partial charge in [0.05, 0.1) is 0 Å². The van der Waals surface area contributed by atoms with E-state index in [0.29, 0.717) is 6.42 Å². The summed E-state index contributed by atoms with van der Waals surface area (Å²) in [6.07, 6.45) is 21.5. The van der Waals surface area contributed by atoms with Gasteiger partial charge in [-0.3, -0.25) is 4.79 Å². The monoisotopic (exact) mass is 385 g/mol. The first-order valence-electron chi connectivity index (χ1n) is 11.8. The van der Waals surface area contributed by atoms with Crippen molar-refractivity contribution < 1.29 is 4.79 Å². The molecule has 1 amide bonds. The van der Waals surface area contributed by atoms with Crippen molar-refractivity contribution in [3.8, 4) is 0 Å². The fourth-order valence-corrected chi connectivity index (χ4v) is 3.55. The first-order chi connectivity index (χ1) is 13.8. The van der Waals surface area contributed by atoms with Crippen LogP contribution in [-0.2, 0) is 11.2 Å². The summed E-state index contributed by atoms with van der Waals surface area (Å²) in [6, 6.07) is 8.42. The van der Waals surface area contributed by atoms with Gasteiger partial charge in [0.2, 0.25) is 5.91 Å². The van der Waals surface area contributed by atoms with Crippen LogP contribution >= 0.6 is 0 Å². The highest BCUT2D eigenvalue weighted by Gasteiger charge is 2.03. The number of carbonyl (C=O) groups is 1. The number of hydrogen-bond acceptors (Lipinski definition) is 1. The largest absolute Gasteiger partial charge is 0.326 e. The molecule has 2 nitrogen and oxygen atoms in total. The fraction of sp³-hybridized carbons (Fsp3) is 0.654. The normalized spacial score (nSPS) is 10.8. The van der Waals surface area contributed by atoms with Crippen molar-refractivity contribution in [2.75, 3.05) is 5.32 Å². The van der Waals surface area contributed by atoms with E-state index >= 15 is 0 Å². The van der Waals surface area contributed by atoms with Gasteiger partial charge in [-0.2, -0.15) is 0 Å². The van der Waals surface area contributed by atoms with Gasteiger partial charge in [0.15, 0.2) is 0 Å². The summed E-state index contributed by atoms with van der Waals surface area (Å²) in [5, 5.41) is 3.04. The highest BCUT2D eigenvalue weighted by Crippen LogP contribution is 2.15. The molecule has 0 saturated heterocycles. The van der Waals surface area contributed by atoms with Gasteiger partial charge < -0.3 is 5.32 Å². The van der Waals surface area contributed by atoms with E-state index in [0.717, 1.165) is 31.4 Å². The minimum atomic E-state index is 0.148. The summed E-state index contributed by atoms with van der Waals surface area (Å²) >= 11 is 0. The second-order valence-electron chi connectivity index (χ2n) is 8.07. The number of nitrogens with one attached hydrogen (secondary N) is 1. The minimum Gasteiger partial charge on any atom is -0.326 e. The molecule has 1 aromatic rings. The second kappa shape index (κ2) is 17.5. The van der Waals surface area contributed by atoms with E-state index in [2.05, 4.69) is 31.0 Å². The lowest BCUT2D eigenvalue weighted by Crippen LogP contribution is -2.11. The van der Waals surface area contributed by atoms with E-state index < -0.39 is 0 Å². The van der Waals surface area contributed by atoms with Crippen molar-refractivity contribution in [2.24, 2.45) is 0 Å². The van der Waals surface area contributed by atoms with Crippen LogP contribution < -0.4 is 5.32 Å². The lowest BCUT2D eigenvalue weighted by Gasteiger charge is -2.07. The number of carbonyl (C=O) groups excluding carboxylic acids is 1. The third kappa shape index (κ3) is 13.6. The molecule has 0 bridgehead atoms. The Bertz CT molecular complexity index is 506. The Morgan fingerprint density at radius 1 is 0.821 bits per heavy atom. The molecule has 0 aromatic heterocycles. The zero-order chi connectivity index (χ0) is 20.3. The Morgan fingerprint density at radius 2 is 1.39 bits per heavy atom. The van der Waals surface area contributed by atoms with Gasteiger partial charge in [-0.05, 0) is 49.8 Å². The summed E-state index contributed by atoms with van der Waals surface area (Å²) < 4.78 is 0. The van der Waals surface area contributed by atoms with Gasteiger partial charge >= 0.3 is 0 Å². The highest BCUT2D eigenvalue weighted by molar-refractivity contribution is 5.90. The van der Waals surface area contributed by atoms with E-state index in [1.807, 2.05) is 18.2 Å². The smallest absolute Gasteiger partial charge is 0.224 e. The molecule has 0 unspecified atom stereocenters. The Kier molecular flexibility index (Phi) is 15.3. The number of aryl methyl sites for hydroxylation is 1. The third-order valence-corrected chi connectivity index (χ3v) is 5.37. The number of amides is 1. The van der Waals surface area contributed by atoms with E-state index in [-0.39, 0.29) is 5.91 Å². The van der Waals surface area contributed by atoms with Gasteiger partial charge in [0.1, 0.15) is 0 Å². The molecule has 28 heavy (non-hydrogen) atoms. The van der Waals surface area contributed by atoms with E-state index in [1.165, 1.54) is 76.2 Å². The van der Waals surface area contributed by atoms with Gasteiger partial charge in [0, 0.05) is 12.1 Å². The SMILES string of the molecule is C=CCCCCCCCCCC(=O)Nc1ccc(CCCCCCCC)cc1. The molecule has 1 N–H and O–H groups in total. The van der Waals surface area contributed by atoms with Gasteiger partial charge in [-0.1, -0.05) is 89.3 Å². The van der Waals surface area contributed by atoms with Gasteiger partial charge in [0.25, 0.3) is 0 Å². The lowest BCUT2D eigenvalue weighted by molar-refractivity contribution is -0.116. The van der Waals surface area contributed by atoms with Crippen LogP contribution in [0.1, 0.15) is 109 Å². The molecule has 158 valence electrons. The number of hydrogen-bond donors (Lipinski definition) is 1. The summed E-state index contributed by atoms with van der Waals surface area (Å²) in [7, 11) is 0. The van der Waals surface area contributed by atoms with Crippen molar-refractivity contribution in [3.63, 3.8) is 0 Å². The Hall–Kier alpha value is -1.57. The average Bonchev–Trinajstić information content (AvgIpc) is 2.70. The first-order valence-corrected chi connectivity index (χ1v) is 11.8. The molecule has 0 aliphatic heterocycles. The molecular formula is C26H43NO. The molecule has 0 aliphatic rings. The maximum atomic E-state index is 12.1. The molecule has 0 aliphatic carbocycles. The lowest BCUT2D eigenvalue weighted by atomic mass is 10.0. The fourth-order valence-electron chi connectivity index (χ4n) is 3.55. The van der Waals surface area contributed by atoms with Crippen molar-refractivity contribution in [1.29, 1.82) is 0 Å². The Balaban J connectivity index is 2.05. The molecule has 0 saturated carbocycles. The zero-order valence-electron chi connectivity index (χ0n) is 18.3. The highest BCUT2D eigenvalue weighted by atomic mass is 16.1. The van der Waals surface area contributed by atoms with Crippen LogP contribution in [0.3, 0.4) is 0 Å². The molecule has 0 spiro atoms. The number of unbranched alkanes of at least 4 members (excludes halogenated alkanes) is 12. The molecule has 1 rings (SSSR count). The van der Waals surface area contributed by atoms with Crippen molar-refractivity contribution in [1.82, 2.24) is 0 Å². The number of anilines is 1. The summed E-state index contributed by atoms with van der Waals surface area (Å²) in [6.45, 7) is 6.01. The number of rotatable bonds is 18. The molecule has 0 atom stereocenters. The summed E-state index contributed by atoms with van der Waals surface area (Å²) in [4.78, 5) is 12.1. The topological polar surface area (TPSA) is 29.1 Å². The average molecular weight is 386 g/mol. The van der Waals surface area contributed by atoms with E-state index in [9.17, 15) is 4.79 Å².